The Hall–Kier alpha value is -0.940. The van der Waals surface area contributed by atoms with Crippen molar-refractivity contribution in [1.82, 2.24) is 10.3 Å². The van der Waals surface area contributed by atoms with E-state index in [1.54, 1.807) is 18.4 Å². The van der Waals surface area contributed by atoms with Gasteiger partial charge in [-0.1, -0.05) is 0 Å². The van der Waals surface area contributed by atoms with Crippen molar-refractivity contribution in [2.24, 2.45) is 0 Å². The van der Waals surface area contributed by atoms with Crippen molar-refractivity contribution < 1.29 is 9.53 Å². The number of rotatable bonds is 6. The number of carbonyl (C=O) groups excluding carboxylic acids is 1. The van der Waals surface area contributed by atoms with Gasteiger partial charge in [0, 0.05) is 31.4 Å². The second kappa shape index (κ2) is 6.60. The molecule has 0 aliphatic carbocycles. The van der Waals surface area contributed by atoms with E-state index < -0.39 is 0 Å². The lowest BCUT2D eigenvalue weighted by Crippen LogP contribution is -2.27. The first-order valence-corrected chi connectivity index (χ1v) is 6.13. The maximum Gasteiger partial charge on any atom is 0.220 e. The average Bonchev–Trinajstić information content (AvgIpc) is 2.56. The van der Waals surface area contributed by atoms with Crippen LogP contribution >= 0.6 is 11.3 Å². The fourth-order valence-corrected chi connectivity index (χ4v) is 2.18. The molecule has 1 amide bonds. The molecule has 0 aromatic carbocycles. The Balaban J connectivity index is 2.26. The number of ether oxygens (including phenoxy) is 1. The Morgan fingerprint density at radius 2 is 2.25 bits per heavy atom. The Labute approximate surface area is 100 Å². The van der Waals surface area contributed by atoms with Gasteiger partial charge in [0.2, 0.25) is 5.91 Å². The molecule has 0 atom stereocenters. The summed E-state index contributed by atoms with van der Waals surface area (Å²) in [5.41, 5.74) is 1.07. The lowest BCUT2D eigenvalue weighted by molar-refractivity contribution is -0.121. The molecule has 1 aromatic rings. The van der Waals surface area contributed by atoms with E-state index in [2.05, 4.69) is 17.2 Å². The second-order valence-corrected chi connectivity index (χ2v) is 4.88. The molecule has 1 rings (SSSR count). The molecular formula is C11H18N2O2S. The molecule has 0 saturated heterocycles. The second-order valence-electron chi connectivity index (χ2n) is 3.59. The maximum absolute atomic E-state index is 11.4. The number of hydrogen-bond acceptors (Lipinski definition) is 4. The van der Waals surface area contributed by atoms with Crippen molar-refractivity contribution in [3.8, 4) is 0 Å². The van der Waals surface area contributed by atoms with Gasteiger partial charge in [-0.15, -0.1) is 11.3 Å². The smallest absolute Gasteiger partial charge is 0.220 e. The fourth-order valence-electron chi connectivity index (χ4n) is 1.25. The van der Waals surface area contributed by atoms with Crippen molar-refractivity contribution in [2.75, 3.05) is 20.3 Å². The van der Waals surface area contributed by atoms with Gasteiger partial charge in [0.05, 0.1) is 17.3 Å². The van der Waals surface area contributed by atoms with Crippen molar-refractivity contribution >= 4 is 17.2 Å². The Kier molecular flexibility index (Phi) is 5.42. The molecule has 90 valence electrons. The summed E-state index contributed by atoms with van der Waals surface area (Å²) in [6.07, 6.45) is 1.22. The van der Waals surface area contributed by atoms with Gasteiger partial charge >= 0.3 is 0 Å². The zero-order valence-corrected chi connectivity index (χ0v) is 10.8. The van der Waals surface area contributed by atoms with Crippen molar-refractivity contribution in [1.29, 1.82) is 0 Å². The summed E-state index contributed by atoms with van der Waals surface area (Å²) in [5.74, 6) is 0.0579. The Bertz CT molecular complexity index is 330. The lowest BCUT2D eigenvalue weighted by atomic mass is 10.3. The molecule has 0 spiro atoms. The molecule has 0 aliphatic rings. The minimum atomic E-state index is 0.0579. The molecule has 0 unspecified atom stereocenters. The van der Waals surface area contributed by atoms with Crippen molar-refractivity contribution in [2.45, 2.75) is 26.7 Å². The molecule has 0 aliphatic heterocycles. The van der Waals surface area contributed by atoms with E-state index in [0.717, 1.165) is 17.1 Å². The van der Waals surface area contributed by atoms with Gasteiger partial charge in [-0.25, -0.2) is 4.98 Å². The van der Waals surface area contributed by atoms with Gasteiger partial charge in [0.1, 0.15) is 0 Å². The topological polar surface area (TPSA) is 51.2 Å². The number of aromatic nitrogens is 1. The van der Waals surface area contributed by atoms with E-state index in [4.69, 9.17) is 4.74 Å². The Morgan fingerprint density at radius 1 is 1.50 bits per heavy atom. The third kappa shape index (κ3) is 4.28. The number of methoxy groups -OCH3 is 1. The molecule has 1 N–H and O–H groups in total. The predicted octanol–water partition coefficient (Wildman–Crippen LogP) is 1.46. The zero-order valence-electron chi connectivity index (χ0n) is 10.0. The minimum absolute atomic E-state index is 0.0579. The number of hydrogen-bond donors (Lipinski definition) is 1. The van der Waals surface area contributed by atoms with Gasteiger partial charge < -0.3 is 10.1 Å². The van der Waals surface area contributed by atoms with E-state index in [1.807, 2.05) is 6.92 Å². The standard InChI is InChI=1S/C11H18N2O2S/c1-8-9(2)16-11(13-8)5-4-10(14)12-6-7-15-3/h4-7H2,1-3H3,(H,12,14). The number of carbonyl (C=O) groups is 1. The normalized spacial score (nSPS) is 10.4. The van der Waals surface area contributed by atoms with Gasteiger partial charge in [-0.3, -0.25) is 4.79 Å². The van der Waals surface area contributed by atoms with Crippen LogP contribution in [0.5, 0.6) is 0 Å². The van der Waals surface area contributed by atoms with E-state index in [-0.39, 0.29) is 5.91 Å². The average molecular weight is 242 g/mol. The third-order valence-electron chi connectivity index (χ3n) is 2.27. The van der Waals surface area contributed by atoms with Crippen LogP contribution in [-0.2, 0) is 16.0 Å². The highest BCUT2D eigenvalue weighted by atomic mass is 32.1. The summed E-state index contributed by atoms with van der Waals surface area (Å²) in [7, 11) is 1.62. The number of amides is 1. The first-order chi connectivity index (χ1) is 7.63. The number of thiazole rings is 1. The van der Waals surface area contributed by atoms with Crippen molar-refractivity contribution in [3.63, 3.8) is 0 Å². The Morgan fingerprint density at radius 3 is 2.81 bits per heavy atom. The predicted molar refractivity (Wildman–Crippen MR) is 64.8 cm³/mol. The highest BCUT2D eigenvalue weighted by Gasteiger charge is 2.06. The van der Waals surface area contributed by atoms with Crippen LogP contribution in [0.1, 0.15) is 22.0 Å². The van der Waals surface area contributed by atoms with Crippen LogP contribution in [0, 0.1) is 13.8 Å². The number of nitrogens with one attached hydrogen (secondary N) is 1. The molecular weight excluding hydrogens is 224 g/mol. The van der Waals surface area contributed by atoms with Crippen LogP contribution in [0.4, 0.5) is 0 Å². The monoisotopic (exact) mass is 242 g/mol. The third-order valence-corrected chi connectivity index (χ3v) is 3.40. The van der Waals surface area contributed by atoms with Crippen LogP contribution in [0.25, 0.3) is 0 Å². The van der Waals surface area contributed by atoms with Gasteiger partial charge in [0.15, 0.2) is 0 Å². The molecule has 4 nitrogen and oxygen atoms in total. The summed E-state index contributed by atoms with van der Waals surface area (Å²) in [5, 5.41) is 3.83. The minimum Gasteiger partial charge on any atom is -0.383 e. The molecule has 5 heteroatoms. The zero-order chi connectivity index (χ0) is 12.0. The van der Waals surface area contributed by atoms with Gasteiger partial charge in [0.25, 0.3) is 0 Å². The molecule has 0 bridgehead atoms. The van der Waals surface area contributed by atoms with E-state index in [9.17, 15) is 4.79 Å². The molecule has 16 heavy (non-hydrogen) atoms. The summed E-state index contributed by atoms with van der Waals surface area (Å²) in [6, 6.07) is 0. The highest BCUT2D eigenvalue weighted by molar-refractivity contribution is 7.11. The van der Waals surface area contributed by atoms with Crippen LogP contribution in [0.15, 0.2) is 0 Å². The van der Waals surface area contributed by atoms with E-state index >= 15 is 0 Å². The largest absolute Gasteiger partial charge is 0.383 e. The van der Waals surface area contributed by atoms with Crippen LogP contribution < -0.4 is 5.32 Å². The van der Waals surface area contributed by atoms with Crippen molar-refractivity contribution in [3.05, 3.63) is 15.6 Å². The molecule has 0 saturated carbocycles. The lowest BCUT2D eigenvalue weighted by Gasteiger charge is -2.02. The van der Waals surface area contributed by atoms with Crippen LogP contribution in [0.3, 0.4) is 0 Å². The fraction of sp³-hybridized carbons (Fsp3) is 0.636. The SMILES string of the molecule is COCCNC(=O)CCc1nc(C)c(C)s1. The maximum atomic E-state index is 11.4. The summed E-state index contributed by atoms with van der Waals surface area (Å²) >= 11 is 1.67. The van der Waals surface area contributed by atoms with E-state index in [0.29, 0.717) is 19.6 Å². The molecule has 1 aromatic heterocycles. The first-order valence-electron chi connectivity index (χ1n) is 5.32. The molecule has 0 radical (unpaired) electrons. The van der Waals surface area contributed by atoms with Gasteiger partial charge in [-0.05, 0) is 13.8 Å². The molecule has 1 heterocycles. The summed E-state index contributed by atoms with van der Waals surface area (Å²) in [6.45, 7) is 5.18. The van der Waals surface area contributed by atoms with Crippen LogP contribution in [-0.4, -0.2) is 31.2 Å². The number of nitrogens with zero attached hydrogens (tertiary/aromatic N) is 1. The summed E-state index contributed by atoms with van der Waals surface area (Å²) in [4.78, 5) is 17.0. The van der Waals surface area contributed by atoms with E-state index in [1.165, 1.54) is 4.88 Å². The quantitative estimate of drug-likeness (QED) is 0.768. The summed E-state index contributed by atoms with van der Waals surface area (Å²) < 4.78 is 4.85. The molecule has 0 fully saturated rings. The first kappa shape index (κ1) is 13.1. The van der Waals surface area contributed by atoms with Crippen LogP contribution in [0.2, 0.25) is 0 Å². The number of aryl methyl sites for hydroxylation is 3. The highest BCUT2D eigenvalue weighted by Crippen LogP contribution is 2.17. The van der Waals surface area contributed by atoms with Gasteiger partial charge in [-0.2, -0.15) is 0 Å².